The van der Waals surface area contributed by atoms with Gasteiger partial charge in [-0.2, -0.15) is 0 Å². The van der Waals surface area contributed by atoms with E-state index in [2.05, 4.69) is 43.7 Å². The number of nitrogens with zero attached hydrogens (tertiary/aromatic N) is 1. The molecule has 20 heavy (non-hydrogen) atoms. The van der Waals surface area contributed by atoms with E-state index in [1.807, 2.05) is 12.1 Å². The zero-order chi connectivity index (χ0) is 15.0. The van der Waals surface area contributed by atoms with Crippen LogP contribution in [0.3, 0.4) is 0 Å². The molecule has 0 aliphatic carbocycles. The summed E-state index contributed by atoms with van der Waals surface area (Å²) in [4.78, 5) is 2.32. The third-order valence-corrected chi connectivity index (χ3v) is 3.17. The minimum atomic E-state index is 0.384. The standard InChI is InChI=1S/C17H26N2O/c1-14(2)9-11-19(3)13-16-12-17(20-4)8-7-15(16)6-5-10-18/h7-8,12,14H,9-11,13,18H2,1-4H3. The smallest absolute Gasteiger partial charge is 0.119 e. The fourth-order valence-electron chi connectivity index (χ4n) is 1.94. The molecule has 0 unspecified atom stereocenters. The molecule has 0 heterocycles. The number of hydrogen-bond donors (Lipinski definition) is 1. The van der Waals surface area contributed by atoms with Crippen molar-refractivity contribution in [3.8, 4) is 17.6 Å². The summed E-state index contributed by atoms with van der Waals surface area (Å²) in [5.74, 6) is 7.65. The average molecular weight is 274 g/mol. The Morgan fingerprint density at radius 2 is 2.10 bits per heavy atom. The second-order valence-electron chi connectivity index (χ2n) is 5.45. The summed E-state index contributed by atoms with van der Waals surface area (Å²) in [5.41, 5.74) is 7.68. The summed E-state index contributed by atoms with van der Waals surface area (Å²) in [7, 11) is 3.83. The lowest BCUT2D eigenvalue weighted by molar-refractivity contribution is 0.302. The van der Waals surface area contributed by atoms with Crippen LogP contribution in [0.25, 0.3) is 0 Å². The van der Waals surface area contributed by atoms with Gasteiger partial charge in [-0.1, -0.05) is 25.7 Å². The maximum atomic E-state index is 5.46. The van der Waals surface area contributed by atoms with Crippen LogP contribution in [0.15, 0.2) is 18.2 Å². The highest BCUT2D eigenvalue weighted by Crippen LogP contribution is 2.19. The number of benzene rings is 1. The summed E-state index contributed by atoms with van der Waals surface area (Å²) in [6.45, 7) is 6.83. The molecule has 0 saturated heterocycles. The molecular formula is C17H26N2O. The molecule has 2 N–H and O–H groups in total. The lowest BCUT2D eigenvalue weighted by atomic mass is 10.1. The Morgan fingerprint density at radius 3 is 2.70 bits per heavy atom. The first-order valence-corrected chi connectivity index (χ1v) is 7.11. The van der Waals surface area contributed by atoms with Crippen molar-refractivity contribution in [1.29, 1.82) is 0 Å². The van der Waals surface area contributed by atoms with E-state index in [0.717, 1.165) is 30.3 Å². The Bertz CT molecular complexity index is 472. The van der Waals surface area contributed by atoms with E-state index in [9.17, 15) is 0 Å². The fraction of sp³-hybridized carbons (Fsp3) is 0.529. The van der Waals surface area contributed by atoms with Gasteiger partial charge >= 0.3 is 0 Å². The summed E-state index contributed by atoms with van der Waals surface area (Å²) < 4.78 is 5.30. The molecular weight excluding hydrogens is 248 g/mol. The van der Waals surface area contributed by atoms with Crippen LogP contribution < -0.4 is 10.5 Å². The summed E-state index contributed by atoms with van der Waals surface area (Å²) in [6.07, 6.45) is 1.20. The SMILES string of the molecule is COc1ccc(C#CCN)c(CN(C)CCC(C)C)c1. The van der Waals surface area contributed by atoms with Crippen molar-refractivity contribution >= 4 is 0 Å². The topological polar surface area (TPSA) is 38.5 Å². The van der Waals surface area contributed by atoms with Gasteiger partial charge in [0.25, 0.3) is 0 Å². The second kappa shape index (κ2) is 8.63. The number of methoxy groups -OCH3 is 1. The van der Waals surface area contributed by atoms with E-state index in [4.69, 9.17) is 10.5 Å². The molecule has 0 aliphatic heterocycles. The zero-order valence-electron chi connectivity index (χ0n) is 13.1. The van der Waals surface area contributed by atoms with Crippen LogP contribution in [-0.2, 0) is 6.54 Å². The molecule has 0 spiro atoms. The molecule has 0 bridgehead atoms. The van der Waals surface area contributed by atoms with Crippen molar-refractivity contribution in [2.45, 2.75) is 26.8 Å². The summed E-state index contributed by atoms with van der Waals surface area (Å²) >= 11 is 0. The molecule has 3 nitrogen and oxygen atoms in total. The van der Waals surface area contributed by atoms with E-state index in [1.54, 1.807) is 7.11 Å². The molecule has 0 aliphatic rings. The average Bonchev–Trinajstić information content (AvgIpc) is 2.43. The first kappa shape index (κ1) is 16.6. The molecule has 0 aromatic heterocycles. The predicted molar refractivity (Wildman–Crippen MR) is 84.7 cm³/mol. The molecule has 110 valence electrons. The molecule has 1 rings (SSSR count). The highest BCUT2D eigenvalue weighted by Gasteiger charge is 2.07. The van der Waals surface area contributed by atoms with Crippen molar-refractivity contribution in [2.75, 3.05) is 27.2 Å². The van der Waals surface area contributed by atoms with Gasteiger partial charge in [0.15, 0.2) is 0 Å². The quantitative estimate of drug-likeness (QED) is 0.810. The van der Waals surface area contributed by atoms with E-state index in [-0.39, 0.29) is 0 Å². The van der Waals surface area contributed by atoms with Crippen molar-refractivity contribution in [2.24, 2.45) is 11.7 Å². The van der Waals surface area contributed by atoms with Crippen LogP contribution >= 0.6 is 0 Å². The fourth-order valence-corrected chi connectivity index (χ4v) is 1.94. The number of ether oxygens (including phenoxy) is 1. The molecule has 0 radical (unpaired) electrons. The second-order valence-corrected chi connectivity index (χ2v) is 5.45. The van der Waals surface area contributed by atoms with Gasteiger partial charge in [0, 0.05) is 12.1 Å². The van der Waals surface area contributed by atoms with Gasteiger partial charge in [-0.25, -0.2) is 0 Å². The summed E-state index contributed by atoms with van der Waals surface area (Å²) in [6, 6.07) is 6.01. The highest BCUT2D eigenvalue weighted by atomic mass is 16.5. The molecule has 1 aromatic rings. The lowest BCUT2D eigenvalue weighted by Crippen LogP contribution is -2.21. The highest BCUT2D eigenvalue weighted by molar-refractivity contribution is 5.45. The molecule has 0 atom stereocenters. The lowest BCUT2D eigenvalue weighted by Gasteiger charge is -2.19. The van der Waals surface area contributed by atoms with Gasteiger partial charge in [0.05, 0.1) is 13.7 Å². The van der Waals surface area contributed by atoms with Crippen molar-refractivity contribution in [3.05, 3.63) is 29.3 Å². The third-order valence-electron chi connectivity index (χ3n) is 3.17. The van der Waals surface area contributed by atoms with Gasteiger partial charge in [0.2, 0.25) is 0 Å². The maximum absolute atomic E-state index is 5.46. The van der Waals surface area contributed by atoms with E-state index >= 15 is 0 Å². The van der Waals surface area contributed by atoms with Gasteiger partial charge in [0.1, 0.15) is 5.75 Å². The predicted octanol–water partition coefficient (Wildman–Crippen LogP) is 2.48. The van der Waals surface area contributed by atoms with Gasteiger partial charge in [-0.05, 0) is 49.7 Å². The Kier molecular flexibility index (Phi) is 7.14. The van der Waals surface area contributed by atoms with Crippen molar-refractivity contribution in [1.82, 2.24) is 4.90 Å². The molecule has 0 fully saturated rings. The molecule has 0 amide bonds. The van der Waals surface area contributed by atoms with Crippen molar-refractivity contribution in [3.63, 3.8) is 0 Å². The first-order chi connectivity index (χ1) is 9.56. The molecule has 3 heteroatoms. The van der Waals surface area contributed by atoms with Gasteiger partial charge < -0.3 is 15.4 Å². The minimum absolute atomic E-state index is 0.384. The molecule has 1 aromatic carbocycles. The third kappa shape index (κ3) is 5.64. The van der Waals surface area contributed by atoms with E-state index in [1.165, 1.54) is 12.0 Å². The van der Waals surface area contributed by atoms with Crippen LogP contribution in [0, 0.1) is 17.8 Å². The number of rotatable bonds is 6. The zero-order valence-corrected chi connectivity index (χ0v) is 13.1. The first-order valence-electron chi connectivity index (χ1n) is 7.11. The minimum Gasteiger partial charge on any atom is -0.497 e. The van der Waals surface area contributed by atoms with Crippen LogP contribution in [-0.4, -0.2) is 32.1 Å². The van der Waals surface area contributed by atoms with E-state index < -0.39 is 0 Å². The number of nitrogens with two attached hydrogens (primary N) is 1. The van der Waals surface area contributed by atoms with Crippen LogP contribution in [0.1, 0.15) is 31.4 Å². The molecule has 0 saturated carbocycles. The van der Waals surface area contributed by atoms with Gasteiger partial charge in [-0.3, -0.25) is 0 Å². The van der Waals surface area contributed by atoms with E-state index in [0.29, 0.717) is 6.54 Å². The van der Waals surface area contributed by atoms with Crippen LogP contribution in [0.2, 0.25) is 0 Å². The normalized spacial score (nSPS) is 10.6. The Hall–Kier alpha value is -1.50. The van der Waals surface area contributed by atoms with Gasteiger partial charge in [-0.15, -0.1) is 0 Å². The maximum Gasteiger partial charge on any atom is 0.119 e. The Labute approximate surface area is 123 Å². The Balaban J connectivity index is 2.84. The summed E-state index contributed by atoms with van der Waals surface area (Å²) in [5, 5.41) is 0. The van der Waals surface area contributed by atoms with Crippen molar-refractivity contribution < 1.29 is 4.74 Å². The Morgan fingerprint density at radius 1 is 1.35 bits per heavy atom. The van der Waals surface area contributed by atoms with Crippen LogP contribution in [0.4, 0.5) is 0 Å². The van der Waals surface area contributed by atoms with Crippen LogP contribution in [0.5, 0.6) is 5.75 Å². The largest absolute Gasteiger partial charge is 0.497 e. The monoisotopic (exact) mass is 274 g/mol. The number of hydrogen-bond acceptors (Lipinski definition) is 3.